The third-order valence-electron chi connectivity index (χ3n) is 10.6. The Balaban J connectivity index is 1.05. The molecule has 0 aliphatic carbocycles. The maximum absolute atomic E-state index is 4.58. The molecule has 0 saturated carbocycles. The van der Waals surface area contributed by atoms with E-state index in [0.717, 1.165) is 94.6 Å². The first-order chi connectivity index (χ1) is 28.2. The molecule has 0 amide bonds. The molecule has 6 nitrogen and oxygen atoms in total. The van der Waals surface area contributed by atoms with Crippen molar-refractivity contribution in [3.63, 3.8) is 0 Å². The molecular weight excluding hydrogens is 697 g/mol. The van der Waals surface area contributed by atoms with Gasteiger partial charge in [0.2, 0.25) is 0 Å². The molecule has 0 aliphatic heterocycles. The quantitative estimate of drug-likeness (QED) is 0.146. The highest BCUT2D eigenvalue weighted by Gasteiger charge is 2.16. The molecule has 0 aliphatic rings. The Morgan fingerprint density at radius 2 is 1.16 bits per heavy atom. The number of allylic oxidation sites excluding steroid dienone is 3. The van der Waals surface area contributed by atoms with Gasteiger partial charge in [0.1, 0.15) is 0 Å². The van der Waals surface area contributed by atoms with Crippen molar-refractivity contribution in [2.24, 2.45) is 0 Å². The summed E-state index contributed by atoms with van der Waals surface area (Å²) >= 11 is 0. The zero-order chi connectivity index (χ0) is 38.1. The maximum Gasteiger partial charge on any atom is 0.0702 e. The Morgan fingerprint density at radius 3 is 1.93 bits per heavy atom. The second-order valence-corrected chi connectivity index (χ2v) is 14.0. The molecule has 270 valence electrons. The van der Waals surface area contributed by atoms with Crippen LogP contribution in [0.3, 0.4) is 0 Å². The third kappa shape index (κ3) is 6.29. The van der Waals surface area contributed by atoms with Gasteiger partial charge in [0.05, 0.1) is 27.9 Å². The van der Waals surface area contributed by atoms with Crippen molar-refractivity contribution in [1.29, 1.82) is 0 Å². The predicted molar refractivity (Wildman–Crippen MR) is 234 cm³/mol. The van der Waals surface area contributed by atoms with Crippen molar-refractivity contribution in [1.82, 2.24) is 29.1 Å². The molecule has 4 aromatic carbocycles. The lowest BCUT2D eigenvalue weighted by atomic mass is 10.00. The molecule has 0 spiro atoms. The van der Waals surface area contributed by atoms with Crippen LogP contribution in [0.4, 0.5) is 0 Å². The molecule has 57 heavy (non-hydrogen) atoms. The van der Waals surface area contributed by atoms with Gasteiger partial charge < -0.3 is 9.13 Å². The highest BCUT2D eigenvalue weighted by atomic mass is 15.0. The molecule has 0 atom stereocenters. The first kappa shape index (κ1) is 33.8. The molecule has 0 N–H and O–H groups in total. The molecule has 0 bridgehead atoms. The van der Waals surface area contributed by atoms with Crippen LogP contribution >= 0.6 is 0 Å². The lowest BCUT2D eigenvalue weighted by Gasteiger charge is -2.14. The van der Waals surface area contributed by atoms with E-state index in [-0.39, 0.29) is 0 Å². The Labute approximate surface area is 330 Å². The van der Waals surface area contributed by atoms with Crippen molar-refractivity contribution < 1.29 is 0 Å². The highest BCUT2D eigenvalue weighted by Crippen LogP contribution is 2.36. The van der Waals surface area contributed by atoms with Crippen LogP contribution < -0.4 is 0 Å². The SMILES string of the molecule is C/C=C(\C=C/c1cc2cnccc2n1-c1cccc(-n2c3ccncc3c3cc(-c4cccc(-c5ccccn5)c4)ccc32)c1)c1cccc(-c2ccccn2)c1. The number of nitrogens with zero attached hydrogens (tertiary/aromatic N) is 6. The first-order valence-electron chi connectivity index (χ1n) is 19.0. The minimum absolute atomic E-state index is 0.956. The van der Waals surface area contributed by atoms with Gasteiger partial charge in [-0.05, 0) is 120 Å². The van der Waals surface area contributed by atoms with Crippen LogP contribution in [0.1, 0.15) is 18.2 Å². The van der Waals surface area contributed by atoms with Gasteiger partial charge in [-0.2, -0.15) is 0 Å². The van der Waals surface area contributed by atoms with E-state index in [1.807, 2.05) is 73.6 Å². The van der Waals surface area contributed by atoms with Gasteiger partial charge in [-0.25, -0.2) is 0 Å². The average Bonchev–Trinajstić information content (AvgIpc) is 3.83. The van der Waals surface area contributed by atoms with E-state index in [0.29, 0.717) is 0 Å². The monoisotopic (exact) mass is 732 g/mol. The van der Waals surface area contributed by atoms with Crippen molar-refractivity contribution in [2.45, 2.75) is 6.92 Å². The summed E-state index contributed by atoms with van der Waals surface area (Å²) in [4.78, 5) is 18.2. The van der Waals surface area contributed by atoms with Crippen LogP contribution in [-0.2, 0) is 0 Å². The number of benzene rings is 4. The van der Waals surface area contributed by atoms with E-state index in [4.69, 9.17) is 0 Å². The van der Waals surface area contributed by atoms with Crippen LogP contribution in [0.15, 0.2) is 195 Å². The summed E-state index contributed by atoms with van der Waals surface area (Å²) in [5.41, 5.74) is 15.1. The molecule has 0 saturated heterocycles. The number of fused-ring (bicyclic) bond motifs is 4. The number of hydrogen-bond donors (Lipinski definition) is 0. The average molecular weight is 733 g/mol. The Hall–Kier alpha value is -7.70. The van der Waals surface area contributed by atoms with Crippen molar-refractivity contribution >= 4 is 44.4 Å². The van der Waals surface area contributed by atoms with Crippen molar-refractivity contribution in [3.05, 3.63) is 206 Å². The fourth-order valence-electron chi connectivity index (χ4n) is 7.90. The second kappa shape index (κ2) is 14.5. The molecule has 0 radical (unpaired) electrons. The molecule has 6 heterocycles. The zero-order valence-electron chi connectivity index (χ0n) is 31.2. The van der Waals surface area contributed by atoms with Gasteiger partial charge in [-0.15, -0.1) is 0 Å². The second-order valence-electron chi connectivity index (χ2n) is 14.0. The molecular formula is C51H36N6. The summed E-state index contributed by atoms with van der Waals surface area (Å²) in [6.07, 6.45) is 17.9. The fourth-order valence-corrected chi connectivity index (χ4v) is 7.90. The number of aromatic nitrogens is 6. The first-order valence-corrected chi connectivity index (χ1v) is 19.0. The number of hydrogen-bond acceptors (Lipinski definition) is 4. The van der Waals surface area contributed by atoms with Gasteiger partial charge in [0.25, 0.3) is 0 Å². The van der Waals surface area contributed by atoms with Crippen molar-refractivity contribution in [3.8, 4) is 45.0 Å². The Bertz CT molecular complexity index is 3140. The van der Waals surface area contributed by atoms with E-state index < -0.39 is 0 Å². The predicted octanol–water partition coefficient (Wildman–Crippen LogP) is 12.4. The summed E-state index contributed by atoms with van der Waals surface area (Å²) in [7, 11) is 0. The summed E-state index contributed by atoms with van der Waals surface area (Å²) in [5.74, 6) is 0. The number of pyridine rings is 4. The van der Waals surface area contributed by atoms with E-state index in [1.165, 1.54) is 0 Å². The van der Waals surface area contributed by atoms with Crippen LogP contribution in [0, 0.1) is 0 Å². The van der Waals surface area contributed by atoms with E-state index in [1.54, 1.807) is 0 Å². The topological polar surface area (TPSA) is 61.4 Å². The molecule has 10 aromatic rings. The molecule has 0 fully saturated rings. The highest BCUT2D eigenvalue weighted by molar-refractivity contribution is 6.10. The summed E-state index contributed by atoms with van der Waals surface area (Å²) < 4.78 is 4.66. The third-order valence-corrected chi connectivity index (χ3v) is 10.6. The maximum atomic E-state index is 4.58. The van der Waals surface area contributed by atoms with Gasteiger partial charge in [-0.3, -0.25) is 19.9 Å². The van der Waals surface area contributed by atoms with E-state index in [9.17, 15) is 0 Å². The summed E-state index contributed by atoms with van der Waals surface area (Å²) in [6, 6.07) is 51.1. The lowest BCUT2D eigenvalue weighted by Crippen LogP contribution is -2.00. The van der Waals surface area contributed by atoms with Gasteiger partial charge in [-0.1, -0.05) is 72.8 Å². The van der Waals surface area contributed by atoms with Gasteiger partial charge >= 0.3 is 0 Å². The smallest absolute Gasteiger partial charge is 0.0702 e. The van der Waals surface area contributed by atoms with Crippen molar-refractivity contribution in [2.75, 3.05) is 0 Å². The van der Waals surface area contributed by atoms with E-state index in [2.05, 4.69) is 163 Å². The standard InChI is InChI=1S/C51H36N6/c1-2-35(36-10-7-12-39(28-36)47-16-3-5-24-54-47)18-20-44-30-41-33-52-26-22-49(41)56(44)42-14-9-15-43(32-42)57-50-21-19-38(31-45(50)46-34-53-27-23-51(46)57)37-11-8-13-40(29-37)48-17-4-6-25-55-48/h2-34H,1H3/b20-18-,35-2+. The van der Waals surface area contributed by atoms with Crippen LogP contribution in [-0.4, -0.2) is 29.1 Å². The molecule has 6 heteroatoms. The van der Waals surface area contributed by atoms with Gasteiger partial charge in [0.15, 0.2) is 0 Å². The number of rotatable bonds is 8. The minimum Gasteiger partial charge on any atom is -0.310 e. The largest absolute Gasteiger partial charge is 0.310 e. The van der Waals surface area contributed by atoms with Crippen LogP contribution in [0.5, 0.6) is 0 Å². The molecule has 6 aromatic heterocycles. The van der Waals surface area contributed by atoms with E-state index >= 15 is 0 Å². The van der Waals surface area contributed by atoms with Crippen LogP contribution in [0.25, 0.3) is 89.4 Å². The summed E-state index contributed by atoms with van der Waals surface area (Å²) in [5, 5.41) is 3.33. The lowest BCUT2D eigenvalue weighted by molar-refractivity contribution is 1.09. The normalized spacial score (nSPS) is 12.0. The molecule has 10 rings (SSSR count). The zero-order valence-corrected chi connectivity index (χ0v) is 31.2. The van der Waals surface area contributed by atoms with Crippen LogP contribution in [0.2, 0.25) is 0 Å². The Morgan fingerprint density at radius 1 is 0.491 bits per heavy atom. The molecule has 0 unspecified atom stereocenters. The van der Waals surface area contributed by atoms with Gasteiger partial charge in [0, 0.05) is 81.5 Å². The minimum atomic E-state index is 0.956. The summed E-state index contributed by atoms with van der Waals surface area (Å²) in [6.45, 7) is 2.08. The fraction of sp³-hybridized carbons (Fsp3) is 0.0196. The Kier molecular flexibility index (Phi) is 8.61.